The van der Waals surface area contributed by atoms with Crippen LogP contribution < -0.4 is 0 Å². The highest BCUT2D eigenvalue weighted by molar-refractivity contribution is 9.26. The van der Waals surface area contributed by atoms with Crippen LogP contribution in [0.5, 0.6) is 0 Å². The van der Waals surface area contributed by atoms with Gasteiger partial charge in [0.25, 0.3) is 0 Å². The first kappa shape index (κ1) is 9.01. The average Bonchev–Trinajstić information content (AvgIpc) is 1.79. The molecule has 1 heterocycles. The minimum Gasteiger partial charge on any atom is -0.127 e. The Morgan fingerprint density at radius 3 is 1.60 bits per heavy atom. The summed E-state index contributed by atoms with van der Waals surface area (Å²) in [7, 11) is -0.675. The first-order valence-electron chi connectivity index (χ1n) is 4.10. The van der Waals surface area contributed by atoms with Crippen molar-refractivity contribution in [3.63, 3.8) is 0 Å². The predicted molar refractivity (Wildman–Crippen MR) is 57.3 cm³/mol. The summed E-state index contributed by atoms with van der Waals surface area (Å²) in [6.45, 7) is 6.70. The van der Waals surface area contributed by atoms with Crippen LogP contribution in [-0.2, 0) is 0 Å². The lowest BCUT2D eigenvalue weighted by Crippen LogP contribution is -2.37. The average molecular weight is 237 g/mol. The molecule has 10 heavy (non-hydrogen) atoms. The van der Waals surface area contributed by atoms with Gasteiger partial charge in [-0.25, -0.2) is 0 Å². The fourth-order valence-corrected chi connectivity index (χ4v) is 15.1. The maximum atomic E-state index is 3.91. The minimum atomic E-state index is -0.832. The molecule has 0 radical (unpaired) electrons. The molecule has 1 aliphatic rings. The van der Waals surface area contributed by atoms with Crippen molar-refractivity contribution in [2.75, 3.05) is 0 Å². The first-order chi connectivity index (χ1) is 4.41. The Balaban J connectivity index is 2.46. The van der Waals surface area contributed by atoms with Gasteiger partial charge in [-0.2, -0.15) is 0 Å². The van der Waals surface area contributed by atoms with E-state index in [2.05, 4.69) is 34.9 Å². The molecule has 3 heteroatoms. The van der Waals surface area contributed by atoms with Gasteiger partial charge in [-0.15, -0.1) is 15.3 Å². The maximum absolute atomic E-state index is 3.91. The summed E-state index contributed by atoms with van der Waals surface area (Å²) in [6.07, 6.45) is 0. The zero-order chi connectivity index (χ0) is 7.83. The van der Waals surface area contributed by atoms with Crippen molar-refractivity contribution in [1.82, 2.24) is 0 Å². The van der Waals surface area contributed by atoms with Crippen LogP contribution in [0.2, 0.25) is 43.8 Å². The summed E-state index contributed by atoms with van der Waals surface area (Å²) in [5.74, 6) is 0. The number of hydrogen-bond acceptors (Lipinski definition) is 0. The summed E-state index contributed by atoms with van der Waals surface area (Å²) in [4.78, 5) is 0. The molecule has 0 unspecified atom stereocenters. The van der Waals surface area contributed by atoms with Gasteiger partial charge < -0.3 is 0 Å². The van der Waals surface area contributed by atoms with Crippen molar-refractivity contribution < 1.29 is 0 Å². The molecule has 0 nitrogen and oxygen atoms in total. The van der Waals surface area contributed by atoms with Gasteiger partial charge in [0, 0.05) is 8.07 Å². The van der Waals surface area contributed by atoms with Crippen LogP contribution in [0.4, 0.5) is 0 Å². The van der Waals surface area contributed by atoms with Crippen LogP contribution in [0.3, 0.4) is 0 Å². The van der Waals surface area contributed by atoms with Crippen LogP contribution in [0.25, 0.3) is 0 Å². The summed E-state index contributed by atoms with van der Waals surface area (Å²) in [5.41, 5.74) is 0. The molecule has 0 amide bonds. The normalized spacial score (nSPS) is 30.0. The van der Waals surface area contributed by atoms with Crippen LogP contribution in [0, 0.1) is 0 Å². The maximum Gasteiger partial charge on any atom is 0.126 e. The first-order valence-corrected chi connectivity index (χ1v) is 12.7. The molecule has 1 saturated heterocycles. The highest BCUT2D eigenvalue weighted by Gasteiger charge is 2.35. The van der Waals surface area contributed by atoms with Crippen LogP contribution in [0.15, 0.2) is 0 Å². The Bertz CT molecular complexity index is 104. The van der Waals surface area contributed by atoms with Gasteiger partial charge in [-0.3, -0.25) is 0 Å². The van der Waals surface area contributed by atoms with Gasteiger partial charge >= 0.3 is 0 Å². The molecule has 0 saturated carbocycles. The lowest BCUT2D eigenvalue weighted by molar-refractivity contribution is 1.13. The Kier molecular flexibility index (Phi) is 2.48. The molecule has 0 spiro atoms. The van der Waals surface area contributed by atoms with Crippen molar-refractivity contribution in [2.24, 2.45) is 0 Å². The fraction of sp³-hybridized carbons (Fsp3) is 1.00. The van der Waals surface area contributed by atoms with Gasteiger partial charge in [0.1, 0.15) is 6.69 Å². The standard InChI is InChI=1S/C7H17BrSi2/c1-9(2)4-6-10(3,8)7-5-9/h4-7H2,1-3H3. The second-order valence-corrected chi connectivity index (χ2v) is 19.5. The molecular weight excluding hydrogens is 220 g/mol. The van der Waals surface area contributed by atoms with E-state index in [0.29, 0.717) is 0 Å². The molecular formula is C7H17BrSi2. The van der Waals surface area contributed by atoms with E-state index in [1.54, 1.807) is 12.1 Å². The second kappa shape index (κ2) is 2.75. The zero-order valence-electron chi connectivity index (χ0n) is 7.21. The lowest BCUT2D eigenvalue weighted by Gasteiger charge is -2.34. The summed E-state index contributed by atoms with van der Waals surface area (Å²) < 4.78 is 0. The van der Waals surface area contributed by atoms with E-state index >= 15 is 0 Å². The van der Waals surface area contributed by atoms with E-state index in [1.165, 1.54) is 12.1 Å². The number of halogens is 1. The zero-order valence-corrected chi connectivity index (χ0v) is 10.8. The Hall–Kier alpha value is 0.914. The molecule has 1 fully saturated rings. The van der Waals surface area contributed by atoms with Gasteiger partial charge in [-0.05, 0) is 0 Å². The summed E-state index contributed by atoms with van der Waals surface area (Å²) in [6, 6.07) is 6.21. The summed E-state index contributed by atoms with van der Waals surface area (Å²) in [5, 5.41) is 0. The third-order valence-corrected chi connectivity index (χ3v) is 11.8. The minimum absolute atomic E-state index is 0.675. The second-order valence-electron chi connectivity index (χ2n) is 4.58. The topological polar surface area (TPSA) is 0 Å². The SMILES string of the molecule is C[Si]1(C)CC[Si](C)(Br)CC1. The van der Waals surface area contributed by atoms with Gasteiger partial charge in [0.15, 0.2) is 0 Å². The monoisotopic (exact) mass is 236 g/mol. The highest BCUT2D eigenvalue weighted by Crippen LogP contribution is 2.38. The molecule has 0 aromatic carbocycles. The van der Waals surface area contributed by atoms with Crippen LogP contribution >= 0.6 is 15.3 Å². The number of hydrogen-bond donors (Lipinski definition) is 0. The molecule has 0 bridgehead atoms. The molecule has 0 aromatic heterocycles. The van der Waals surface area contributed by atoms with Gasteiger partial charge in [-0.1, -0.05) is 43.8 Å². The van der Waals surface area contributed by atoms with Crippen LogP contribution in [-0.4, -0.2) is 14.8 Å². The summed E-state index contributed by atoms with van der Waals surface area (Å²) >= 11 is 3.91. The molecule has 1 rings (SSSR count). The van der Waals surface area contributed by atoms with E-state index in [9.17, 15) is 0 Å². The lowest BCUT2D eigenvalue weighted by atomic mass is 10.9. The van der Waals surface area contributed by atoms with Crippen molar-refractivity contribution >= 4 is 30.1 Å². The fourth-order valence-electron chi connectivity index (χ4n) is 1.45. The van der Waals surface area contributed by atoms with E-state index in [-0.39, 0.29) is 0 Å². The quantitative estimate of drug-likeness (QED) is 0.445. The van der Waals surface area contributed by atoms with Crippen LogP contribution in [0.1, 0.15) is 0 Å². The third kappa shape index (κ3) is 2.51. The Morgan fingerprint density at radius 1 is 0.900 bits per heavy atom. The molecule has 0 aromatic rings. The highest BCUT2D eigenvalue weighted by atomic mass is 79.9. The smallest absolute Gasteiger partial charge is 0.126 e. The molecule has 60 valence electrons. The molecule has 0 aliphatic carbocycles. The van der Waals surface area contributed by atoms with E-state index in [1.807, 2.05) is 0 Å². The van der Waals surface area contributed by atoms with Gasteiger partial charge in [0.2, 0.25) is 0 Å². The number of rotatable bonds is 0. The predicted octanol–water partition coefficient (Wildman–Crippen LogP) is 3.68. The largest absolute Gasteiger partial charge is 0.127 e. The van der Waals surface area contributed by atoms with Crippen molar-refractivity contribution in [1.29, 1.82) is 0 Å². The van der Waals surface area contributed by atoms with Crippen molar-refractivity contribution in [3.05, 3.63) is 0 Å². The third-order valence-electron chi connectivity index (χ3n) is 2.65. The Morgan fingerprint density at radius 2 is 1.30 bits per heavy atom. The molecule has 1 aliphatic heterocycles. The van der Waals surface area contributed by atoms with E-state index in [0.717, 1.165) is 0 Å². The van der Waals surface area contributed by atoms with Gasteiger partial charge in [0.05, 0.1) is 0 Å². The van der Waals surface area contributed by atoms with E-state index in [4.69, 9.17) is 0 Å². The van der Waals surface area contributed by atoms with Crippen molar-refractivity contribution in [3.8, 4) is 0 Å². The Labute approximate surface area is 74.0 Å². The van der Waals surface area contributed by atoms with Crippen molar-refractivity contribution in [2.45, 2.75) is 43.8 Å². The van der Waals surface area contributed by atoms with E-state index < -0.39 is 14.8 Å². The molecule has 0 N–H and O–H groups in total. The molecule has 0 atom stereocenters.